The van der Waals surface area contributed by atoms with Crippen molar-refractivity contribution >= 4 is 34.8 Å². The Morgan fingerprint density at radius 3 is 2.50 bits per heavy atom. The SMILES string of the molecule is CN(C)C(=O)CNc1c(Cl)cc(N)cc1C(N)=O. The van der Waals surface area contributed by atoms with E-state index in [0.29, 0.717) is 11.4 Å². The third-order valence-electron chi connectivity index (χ3n) is 2.29. The second kappa shape index (κ2) is 5.59. The van der Waals surface area contributed by atoms with Gasteiger partial charge in [0, 0.05) is 19.8 Å². The fourth-order valence-corrected chi connectivity index (χ4v) is 1.62. The molecule has 1 rings (SSSR count). The number of nitrogens with zero attached hydrogens (tertiary/aromatic N) is 1. The third-order valence-corrected chi connectivity index (χ3v) is 2.59. The van der Waals surface area contributed by atoms with Crippen molar-refractivity contribution < 1.29 is 9.59 Å². The first-order valence-electron chi connectivity index (χ1n) is 5.15. The first-order chi connectivity index (χ1) is 8.32. The number of nitrogen functional groups attached to an aromatic ring is 1. The monoisotopic (exact) mass is 270 g/mol. The van der Waals surface area contributed by atoms with Crippen molar-refractivity contribution in [1.29, 1.82) is 0 Å². The van der Waals surface area contributed by atoms with E-state index in [4.69, 9.17) is 23.1 Å². The van der Waals surface area contributed by atoms with Crippen LogP contribution in [0.15, 0.2) is 12.1 Å². The predicted octanol–water partition coefficient (Wildman–Crippen LogP) is 0.521. The van der Waals surface area contributed by atoms with Gasteiger partial charge in [-0.2, -0.15) is 0 Å². The Kier molecular flexibility index (Phi) is 4.38. The summed E-state index contributed by atoms with van der Waals surface area (Å²) in [6, 6.07) is 2.90. The number of hydrogen-bond donors (Lipinski definition) is 3. The largest absolute Gasteiger partial charge is 0.399 e. The van der Waals surface area contributed by atoms with E-state index in [2.05, 4.69) is 5.32 Å². The fourth-order valence-electron chi connectivity index (χ4n) is 1.32. The van der Waals surface area contributed by atoms with Crippen LogP contribution in [0.1, 0.15) is 10.4 Å². The maximum absolute atomic E-state index is 11.5. The molecule has 98 valence electrons. The molecule has 0 atom stereocenters. The van der Waals surface area contributed by atoms with Gasteiger partial charge in [-0.25, -0.2) is 0 Å². The standard InChI is InChI=1S/C11H15ClN4O2/c1-16(2)9(17)5-15-10-7(11(14)18)3-6(13)4-8(10)12/h3-4,15H,5,13H2,1-2H3,(H2,14,18). The molecule has 0 aromatic heterocycles. The molecule has 0 aliphatic rings. The molecule has 0 heterocycles. The maximum Gasteiger partial charge on any atom is 0.250 e. The predicted molar refractivity (Wildman–Crippen MR) is 71.6 cm³/mol. The molecule has 0 radical (unpaired) electrons. The van der Waals surface area contributed by atoms with Crippen LogP contribution in [0.4, 0.5) is 11.4 Å². The number of hydrogen-bond acceptors (Lipinski definition) is 4. The number of likely N-dealkylation sites (N-methyl/N-ethyl adjacent to an activating group) is 1. The van der Waals surface area contributed by atoms with Crippen LogP contribution in [0.25, 0.3) is 0 Å². The normalized spacial score (nSPS) is 9.94. The Balaban J connectivity index is 3.01. The van der Waals surface area contributed by atoms with E-state index in [1.807, 2.05) is 0 Å². The van der Waals surface area contributed by atoms with Gasteiger partial charge in [-0.15, -0.1) is 0 Å². The molecular formula is C11H15ClN4O2. The molecule has 6 nitrogen and oxygen atoms in total. The van der Waals surface area contributed by atoms with Gasteiger partial charge in [0.1, 0.15) is 0 Å². The lowest BCUT2D eigenvalue weighted by Gasteiger charge is -2.15. The van der Waals surface area contributed by atoms with E-state index in [9.17, 15) is 9.59 Å². The van der Waals surface area contributed by atoms with Crippen LogP contribution in [-0.4, -0.2) is 37.4 Å². The fraction of sp³-hybridized carbons (Fsp3) is 0.273. The van der Waals surface area contributed by atoms with Crippen LogP contribution in [-0.2, 0) is 4.79 Å². The van der Waals surface area contributed by atoms with Crippen molar-refractivity contribution in [2.24, 2.45) is 5.73 Å². The summed E-state index contributed by atoms with van der Waals surface area (Å²) in [5, 5.41) is 3.04. The quantitative estimate of drug-likeness (QED) is 0.694. The minimum absolute atomic E-state index is 0.0108. The molecule has 0 saturated carbocycles. The van der Waals surface area contributed by atoms with E-state index in [0.717, 1.165) is 0 Å². The highest BCUT2D eigenvalue weighted by atomic mass is 35.5. The number of nitrogens with one attached hydrogen (secondary N) is 1. The highest BCUT2D eigenvalue weighted by Crippen LogP contribution is 2.28. The lowest BCUT2D eigenvalue weighted by atomic mass is 10.1. The van der Waals surface area contributed by atoms with Crippen LogP contribution in [0.2, 0.25) is 5.02 Å². The van der Waals surface area contributed by atoms with Crippen molar-refractivity contribution in [3.8, 4) is 0 Å². The summed E-state index contributed by atoms with van der Waals surface area (Å²) in [4.78, 5) is 24.2. The average Bonchev–Trinajstić information content (AvgIpc) is 2.26. The van der Waals surface area contributed by atoms with Crippen molar-refractivity contribution in [2.75, 3.05) is 31.7 Å². The smallest absolute Gasteiger partial charge is 0.250 e. The van der Waals surface area contributed by atoms with Gasteiger partial charge in [0.15, 0.2) is 0 Å². The zero-order valence-corrected chi connectivity index (χ0v) is 10.9. The minimum Gasteiger partial charge on any atom is -0.399 e. The second-order valence-corrected chi connectivity index (χ2v) is 4.34. The van der Waals surface area contributed by atoms with Gasteiger partial charge in [-0.3, -0.25) is 9.59 Å². The molecular weight excluding hydrogens is 256 g/mol. The van der Waals surface area contributed by atoms with Gasteiger partial charge in [0.05, 0.1) is 22.8 Å². The lowest BCUT2D eigenvalue weighted by Crippen LogP contribution is -2.29. The number of rotatable bonds is 4. The summed E-state index contributed by atoms with van der Waals surface area (Å²) in [7, 11) is 3.26. The Morgan fingerprint density at radius 1 is 1.39 bits per heavy atom. The second-order valence-electron chi connectivity index (χ2n) is 3.93. The van der Waals surface area contributed by atoms with Gasteiger partial charge in [-0.1, -0.05) is 11.6 Å². The molecule has 0 aliphatic heterocycles. The molecule has 1 aromatic carbocycles. The van der Waals surface area contributed by atoms with E-state index in [1.54, 1.807) is 14.1 Å². The molecule has 18 heavy (non-hydrogen) atoms. The number of halogens is 1. The minimum atomic E-state index is -0.663. The Morgan fingerprint density at radius 2 is 2.00 bits per heavy atom. The number of nitrogens with two attached hydrogens (primary N) is 2. The zero-order chi connectivity index (χ0) is 13.9. The van der Waals surface area contributed by atoms with Crippen molar-refractivity contribution in [1.82, 2.24) is 4.90 Å². The first kappa shape index (κ1) is 14.1. The molecule has 7 heteroatoms. The lowest BCUT2D eigenvalue weighted by molar-refractivity contribution is -0.126. The Labute approximate surface area is 110 Å². The summed E-state index contributed by atoms with van der Waals surface area (Å²) in [6.07, 6.45) is 0. The van der Waals surface area contributed by atoms with Crippen LogP contribution < -0.4 is 16.8 Å². The molecule has 2 amide bonds. The van der Waals surface area contributed by atoms with Crippen LogP contribution >= 0.6 is 11.6 Å². The molecule has 0 unspecified atom stereocenters. The number of benzene rings is 1. The summed E-state index contributed by atoms with van der Waals surface area (Å²) in [5.74, 6) is -0.817. The number of carbonyl (C=O) groups excluding carboxylic acids is 2. The van der Waals surface area contributed by atoms with Crippen molar-refractivity contribution in [3.05, 3.63) is 22.7 Å². The summed E-state index contributed by atoms with van der Waals surface area (Å²) >= 11 is 5.97. The highest BCUT2D eigenvalue weighted by molar-refractivity contribution is 6.34. The van der Waals surface area contributed by atoms with E-state index < -0.39 is 5.91 Å². The summed E-state index contributed by atoms with van der Waals surface area (Å²) in [5.41, 5.74) is 11.6. The van der Waals surface area contributed by atoms with E-state index in [-0.39, 0.29) is 23.0 Å². The van der Waals surface area contributed by atoms with Crippen molar-refractivity contribution in [3.63, 3.8) is 0 Å². The van der Waals surface area contributed by atoms with Gasteiger partial charge in [0.2, 0.25) is 5.91 Å². The van der Waals surface area contributed by atoms with E-state index >= 15 is 0 Å². The van der Waals surface area contributed by atoms with E-state index in [1.165, 1.54) is 17.0 Å². The van der Waals surface area contributed by atoms with Crippen molar-refractivity contribution in [2.45, 2.75) is 0 Å². The maximum atomic E-state index is 11.5. The van der Waals surface area contributed by atoms with Crippen LogP contribution in [0.3, 0.4) is 0 Å². The average molecular weight is 271 g/mol. The number of primary amides is 1. The molecule has 0 bridgehead atoms. The van der Waals surface area contributed by atoms with Gasteiger partial charge in [-0.05, 0) is 12.1 Å². The van der Waals surface area contributed by atoms with Gasteiger partial charge < -0.3 is 21.7 Å². The Hall–Kier alpha value is -1.95. The summed E-state index contributed by atoms with van der Waals surface area (Å²) < 4.78 is 0. The molecule has 1 aromatic rings. The highest BCUT2D eigenvalue weighted by Gasteiger charge is 2.14. The number of carbonyl (C=O) groups is 2. The molecule has 0 aliphatic carbocycles. The molecule has 0 fully saturated rings. The molecule has 0 saturated heterocycles. The van der Waals surface area contributed by atoms with Crippen LogP contribution in [0, 0.1) is 0 Å². The third kappa shape index (κ3) is 3.27. The van der Waals surface area contributed by atoms with Crippen LogP contribution in [0.5, 0.6) is 0 Å². The Bertz CT molecular complexity index is 488. The molecule has 5 N–H and O–H groups in total. The van der Waals surface area contributed by atoms with Gasteiger partial charge >= 0.3 is 0 Å². The first-order valence-corrected chi connectivity index (χ1v) is 5.53. The topological polar surface area (TPSA) is 101 Å². The zero-order valence-electron chi connectivity index (χ0n) is 10.2. The number of amides is 2. The summed E-state index contributed by atoms with van der Waals surface area (Å²) in [6.45, 7) is 0.0108. The van der Waals surface area contributed by atoms with Gasteiger partial charge in [0.25, 0.3) is 5.91 Å². The number of anilines is 2. The molecule has 0 spiro atoms.